The van der Waals surface area contributed by atoms with Crippen LogP contribution in [0.25, 0.3) is 0 Å². The van der Waals surface area contributed by atoms with E-state index in [2.05, 4.69) is 5.32 Å². The number of carbonyl (C=O) groups is 1. The number of rotatable bonds is 7. The summed E-state index contributed by atoms with van der Waals surface area (Å²) in [5.41, 5.74) is 7.42. The third kappa shape index (κ3) is 6.34. The molecular formula is C13H20N2OS. The molecule has 0 unspecified atom stereocenters. The minimum atomic E-state index is 0.0870. The van der Waals surface area contributed by atoms with Crippen LogP contribution in [-0.2, 0) is 4.79 Å². The number of anilines is 1. The number of aryl methyl sites for hydroxylation is 1. The van der Waals surface area contributed by atoms with Gasteiger partial charge >= 0.3 is 0 Å². The van der Waals surface area contributed by atoms with Crippen LogP contribution in [0.1, 0.15) is 18.4 Å². The van der Waals surface area contributed by atoms with Gasteiger partial charge in [0, 0.05) is 24.4 Å². The summed E-state index contributed by atoms with van der Waals surface area (Å²) in [5, 5.41) is 2.90. The van der Waals surface area contributed by atoms with Crippen LogP contribution in [0.4, 0.5) is 5.69 Å². The van der Waals surface area contributed by atoms with Gasteiger partial charge in [-0.2, -0.15) is 11.8 Å². The molecule has 0 spiro atoms. The van der Waals surface area contributed by atoms with Gasteiger partial charge in [-0.15, -0.1) is 0 Å². The normalized spacial score (nSPS) is 10.2. The zero-order valence-corrected chi connectivity index (χ0v) is 11.1. The molecule has 3 N–H and O–H groups in total. The molecule has 0 aromatic heterocycles. The molecule has 0 aliphatic heterocycles. The monoisotopic (exact) mass is 252 g/mol. The van der Waals surface area contributed by atoms with E-state index in [9.17, 15) is 4.79 Å². The van der Waals surface area contributed by atoms with Crippen LogP contribution in [0.3, 0.4) is 0 Å². The number of amides is 1. The van der Waals surface area contributed by atoms with Gasteiger partial charge in [-0.25, -0.2) is 0 Å². The first-order valence-electron chi connectivity index (χ1n) is 5.86. The molecule has 3 nitrogen and oxygen atoms in total. The highest BCUT2D eigenvalue weighted by Crippen LogP contribution is 2.10. The molecule has 1 aromatic rings. The summed E-state index contributed by atoms with van der Waals surface area (Å²) in [6.45, 7) is 2.72. The molecule has 1 amide bonds. The van der Waals surface area contributed by atoms with Gasteiger partial charge in [-0.05, 0) is 36.8 Å². The van der Waals surface area contributed by atoms with Crippen LogP contribution in [0.15, 0.2) is 24.3 Å². The maximum Gasteiger partial charge on any atom is 0.224 e. The van der Waals surface area contributed by atoms with E-state index < -0.39 is 0 Å². The van der Waals surface area contributed by atoms with E-state index >= 15 is 0 Å². The van der Waals surface area contributed by atoms with Crippen molar-refractivity contribution < 1.29 is 4.79 Å². The van der Waals surface area contributed by atoms with Crippen LogP contribution in [0, 0.1) is 6.92 Å². The first kappa shape index (κ1) is 14.1. The van der Waals surface area contributed by atoms with Gasteiger partial charge in [-0.1, -0.05) is 12.1 Å². The standard InChI is InChI=1S/C13H20N2OS/c1-11-4-2-5-12(10-11)15-13(16)6-3-8-17-9-7-14/h2,4-5,10H,3,6-9,14H2,1H3,(H,15,16). The van der Waals surface area contributed by atoms with E-state index in [1.165, 1.54) is 0 Å². The number of hydrogen-bond acceptors (Lipinski definition) is 3. The van der Waals surface area contributed by atoms with Crippen molar-refractivity contribution in [3.63, 3.8) is 0 Å². The Bertz CT molecular complexity index is 355. The maximum absolute atomic E-state index is 11.6. The van der Waals surface area contributed by atoms with Gasteiger partial charge in [0.2, 0.25) is 5.91 Å². The molecule has 0 fully saturated rings. The van der Waals surface area contributed by atoms with Crippen molar-refractivity contribution in [2.45, 2.75) is 19.8 Å². The summed E-state index contributed by atoms with van der Waals surface area (Å²) in [6.07, 6.45) is 1.48. The number of carbonyl (C=O) groups excluding carboxylic acids is 1. The largest absolute Gasteiger partial charge is 0.330 e. The Morgan fingerprint density at radius 1 is 1.41 bits per heavy atom. The van der Waals surface area contributed by atoms with E-state index in [1.54, 1.807) is 11.8 Å². The number of nitrogens with two attached hydrogens (primary N) is 1. The fourth-order valence-electron chi connectivity index (χ4n) is 1.47. The second kappa shape index (κ2) is 8.14. The lowest BCUT2D eigenvalue weighted by atomic mass is 10.2. The zero-order chi connectivity index (χ0) is 12.5. The van der Waals surface area contributed by atoms with E-state index in [1.807, 2.05) is 31.2 Å². The highest BCUT2D eigenvalue weighted by Gasteiger charge is 2.02. The van der Waals surface area contributed by atoms with Gasteiger partial charge in [-0.3, -0.25) is 4.79 Å². The Hall–Kier alpha value is -1.00. The molecule has 1 aromatic carbocycles. The summed E-state index contributed by atoms with van der Waals surface area (Å²) in [6, 6.07) is 7.84. The number of thioether (sulfide) groups is 1. The Kier molecular flexibility index (Phi) is 6.74. The van der Waals surface area contributed by atoms with Crippen molar-refractivity contribution in [3.05, 3.63) is 29.8 Å². The molecule has 94 valence electrons. The third-order valence-corrected chi connectivity index (χ3v) is 3.36. The summed E-state index contributed by atoms with van der Waals surface area (Å²) in [7, 11) is 0. The van der Waals surface area contributed by atoms with Crippen molar-refractivity contribution >= 4 is 23.4 Å². The summed E-state index contributed by atoms with van der Waals surface area (Å²) in [4.78, 5) is 11.6. The molecule has 0 saturated heterocycles. The number of hydrogen-bond donors (Lipinski definition) is 2. The fraction of sp³-hybridized carbons (Fsp3) is 0.462. The summed E-state index contributed by atoms with van der Waals surface area (Å²) < 4.78 is 0. The van der Waals surface area contributed by atoms with Crippen LogP contribution >= 0.6 is 11.8 Å². The molecule has 0 aliphatic rings. The smallest absolute Gasteiger partial charge is 0.224 e. The predicted octanol–water partition coefficient (Wildman–Crippen LogP) is 2.41. The lowest BCUT2D eigenvalue weighted by molar-refractivity contribution is -0.116. The molecule has 0 saturated carbocycles. The van der Waals surface area contributed by atoms with Gasteiger partial charge in [0.05, 0.1) is 0 Å². The SMILES string of the molecule is Cc1cccc(NC(=O)CCCSCCN)c1. The van der Waals surface area contributed by atoms with E-state index in [-0.39, 0.29) is 5.91 Å². The Balaban J connectivity index is 2.21. The predicted molar refractivity (Wildman–Crippen MR) is 75.4 cm³/mol. The van der Waals surface area contributed by atoms with Crippen molar-refractivity contribution in [3.8, 4) is 0 Å². The number of benzene rings is 1. The van der Waals surface area contributed by atoms with Crippen LogP contribution in [0.5, 0.6) is 0 Å². The molecule has 17 heavy (non-hydrogen) atoms. The highest BCUT2D eigenvalue weighted by atomic mass is 32.2. The molecule has 0 radical (unpaired) electrons. The van der Waals surface area contributed by atoms with E-state index in [0.717, 1.165) is 29.2 Å². The van der Waals surface area contributed by atoms with Crippen LogP contribution in [-0.4, -0.2) is 24.0 Å². The molecule has 0 aliphatic carbocycles. The topological polar surface area (TPSA) is 55.1 Å². The molecular weight excluding hydrogens is 232 g/mol. The van der Waals surface area contributed by atoms with Crippen molar-refractivity contribution in [1.29, 1.82) is 0 Å². The second-order valence-corrected chi connectivity index (χ2v) is 5.15. The van der Waals surface area contributed by atoms with Gasteiger partial charge < -0.3 is 11.1 Å². The van der Waals surface area contributed by atoms with Gasteiger partial charge in [0.1, 0.15) is 0 Å². The molecule has 0 bridgehead atoms. The van der Waals surface area contributed by atoms with Crippen LogP contribution < -0.4 is 11.1 Å². The van der Waals surface area contributed by atoms with Crippen molar-refractivity contribution in [2.75, 3.05) is 23.4 Å². The zero-order valence-electron chi connectivity index (χ0n) is 10.2. The first-order valence-corrected chi connectivity index (χ1v) is 7.02. The molecule has 0 heterocycles. The molecule has 4 heteroatoms. The fourth-order valence-corrected chi connectivity index (χ4v) is 2.19. The average molecular weight is 252 g/mol. The Morgan fingerprint density at radius 3 is 2.94 bits per heavy atom. The van der Waals surface area contributed by atoms with Gasteiger partial charge in [0.25, 0.3) is 0 Å². The lowest BCUT2D eigenvalue weighted by Gasteiger charge is -2.05. The van der Waals surface area contributed by atoms with E-state index in [0.29, 0.717) is 13.0 Å². The second-order valence-electron chi connectivity index (χ2n) is 3.92. The Labute approximate surface area is 107 Å². The third-order valence-electron chi connectivity index (χ3n) is 2.26. The first-order chi connectivity index (χ1) is 8.22. The summed E-state index contributed by atoms with van der Waals surface area (Å²) in [5.74, 6) is 2.06. The lowest BCUT2D eigenvalue weighted by Crippen LogP contribution is -2.11. The summed E-state index contributed by atoms with van der Waals surface area (Å²) >= 11 is 1.80. The Morgan fingerprint density at radius 2 is 2.24 bits per heavy atom. The quantitative estimate of drug-likeness (QED) is 0.733. The van der Waals surface area contributed by atoms with Gasteiger partial charge in [0.15, 0.2) is 0 Å². The minimum Gasteiger partial charge on any atom is -0.330 e. The van der Waals surface area contributed by atoms with E-state index in [4.69, 9.17) is 5.73 Å². The number of nitrogens with one attached hydrogen (secondary N) is 1. The highest BCUT2D eigenvalue weighted by molar-refractivity contribution is 7.99. The molecule has 0 atom stereocenters. The maximum atomic E-state index is 11.6. The molecule has 1 rings (SSSR count). The minimum absolute atomic E-state index is 0.0870. The van der Waals surface area contributed by atoms with Crippen molar-refractivity contribution in [1.82, 2.24) is 0 Å². The van der Waals surface area contributed by atoms with Crippen LogP contribution in [0.2, 0.25) is 0 Å². The van der Waals surface area contributed by atoms with Crippen molar-refractivity contribution in [2.24, 2.45) is 5.73 Å². The average Bonchev–Trinajstić information content (AvgIpc) is 2.29.